The minimum Gasteiger partial charge on any atom is -0.493 e. The predicted octanol–water partition coefficient (Wildman–Crippen LogP) is 3.88. The number of guanidine groups is 1. The molecule has 32 heavy (non-hydrogen) atoms. The standard InChI is InChI=1S/C25H31N5O2/c1-17-8-10-19(11-9-17)6-3-4-15-31-22-13-12-20(16-18(22)2)23-28-24(32-29-23)21-7-5-14-30(21)25(26)27/h8-13,16,21H,3-7,14-15H2,1-2H3,(H3,26,27)/p+1/t21-/m0/s1. The first-order valence-electron chi connectivity index (χ1n) is 11.3. The Bertz CT molecular complexity index is 1080. The zero-order chi connectivity index (χ0) is 22.5. The van der Waals surface area contributed by atoms with Gasteiger partial charge in [-0.05, 0) is 75.3 Å². The number of hydrogen-bond acceptors (Lipinski definition) is 4. The van der Waals surface area contributed by atoms with Crippen molar-refractivity contribution in [3.05, 3.63) is 65.0 Å². The van der Waals surface area contributed by atoms with E-state index in [-0.39, 0.29) is 6.04 Å². The lowest BCUT2D eigenvalue weighted by Gasteiger charge is -2.10. The number of nitrogens with two attached hydrogens (primary N) is 2. The molecule has 1 aromatic heterocycles. The van der Waals surface area contributed by atoms with E-state index in [4.69, 9.17) is 20.7 Å². The van der Waals surface area contributed by atoms with Gasteiger partial charge in [0.25, 0.3) is 5.89 Å². The van der Waals surface area contributed by atoms with Crippen molar-refractivity contribution < 1.29 is 13.8 Å². The number of aryl methyl sites for hydroxylation is 3. The Kier molecular flexibility index (Phi) is 6.73. The number of benzene rings is 2. The van der Waals surface area contributed by atoms with Gasteiger partial charge in [0.1, 0.15) is 5.75 Å². The predicted molar refractivity (Wildman–Crippen MR) is 125 cm³/mol. The van der Waals surface area contributed by atoms with Crippen LogP contribution in [-0.2, 0) is 6.42 Å². The molecule has 1 saturated heterocycles. The molecule has 4 N–H and O–H groups in total. The molecule has 1 atom stereocenters. The van der Waals surface area contributed by atoms with Crippen molar-refractivity contribution in [3.8, 4) is 17.1 Å². The first kappa shape index (κ1) is 21.9. The maximum absolute atomic E-state index is 6.01. The summed E-state index contributed by atoms with van der Waals surface area (Å²) >= 11 is 0. The van der Waals surface area contributed by atoms with Crippen LogP contribution in [0.5, 0.6) is 5.75 Å². The van der Waals surface area contributed by atoms with E-state index in [1.54, 1.807) is 0 Å². The number of unbranched alkanes of at least 4 members (excludes halogenated alkanes) is 1. The molecule has 0 amide bonds. The Morgan fingerprint density at radius 2 is 1.94 bits per heavy atom. The van der Waals surface area contributed by atoms with Crippen molar-refractivity contribution in [2.45, 2.75) is 52.0 Å². The Balaban J connectivity index is 1.32. The van der Waals surface area contributed by atoms with Crippen molar-refractivity contribution >= 4 is 5.96 Å². The number of nitrogens with zero attached hydrogens (tertiary/aromatic N) is 3. The van der Waals surface area contributed by atoms with Crippen LogP contribution in [0, 0.1) is 13.8 Å². The van der Waals surface area contributed by atoms with Crippen molar-refractivity contribution in [2.75, 3.05) is 13.2 Å². The molecule has 0 saturated carbocycles. The van der Waals surface area contributed by atoms with Gasteiger partial charge in [-0.25, -0.2) is 0 Å². The van der Waals surface area contributed by atoms with E-state index in [1.165, 1.54) is 11.1 Å². The van der Waals surface area contributed by atoms with Gasteiger partial charge in [-0.1, -0.05) is 35.0 Å². The van der Waals surface area contributed by atoms with Gasteiger partial charge in [-0.3, -0.25) is 16.0 Å². The summed E-state index contributed by atoms with van der Waals surface area (Å²) in [5.41, 5.74) is 16.2. The summed E-state index contributed by atoms with van der Waals surface area (Å²) < 4.78 is 13.5. The molecule has 1 fully saturated rings. The molecular formula is C25H32N5O2+. The molecule has 0 unspecified atom stereocenters. The van der Waals surface area contributed by atoms with Gasteiger partial charge in [0, 0.05) is 5.56 Å². The molecule has 0 bridgehead atoms. The molecule has 7 nitrogen and oxygen atoms in total. The van der Waals surface area contributed by atoms with E-state index >= 15 is 0 Å². The second-order valence-electron chi connectivity index (χ2n) is 8.50. The van der Waals surface area contributed by atoms with Crippen LogP contribution in [0.2, 0.25) is 0 Å². The number of rotatable bonds is 8. The number of aromatic nitrogens is 2. The van der Waals surface area contributed by atoms with Crippen LogP contribution in [0.25, 0.3) is 11.4 Å². The molecule has 2 aromatic carbocycles. The van der Waals surface area contributed by atoms with Crippen LogP contribution >= 0.6 is 0 Å². The summed E-state index contributed by atoms with van der Waals surface area (Å²) in [5, 5.41) is 4.17. The van der Waals surface area contributed by atoms with E-state index < -0.39 is 0 Å². The summed E-state index contributed by atoms with van der Waals surface area (Å²) in [6, 6.07) is 14.7. The second-order valence-corrected chi connectivity index (χ2v) is 8.50. The average molecular weight is 435 g/mol. The summed E-state index contributed by atoms with van der Waals surface area (Å²) in [6.45, 7) is 5.66. The molecule has 7 heteroatoms. The molecule has 1 aliphatic rings. The first-order chi connectivity index (χ1) is 15.5. The fraction of sp³-hybridized carbons (Fsp3) is 0.400. The molecule has 0 radical (unpaired) electrons. The van der Waals surface area contributed by atoms with Crippen LogP contribution in [-0.4, -0.2) is 33.8 Å². The highest BCUT2D eigenvalue weighted by atomic mass is 16.5. The lowest BCUT2D eigenvalue weighted by molar-refractivity contribution is -0.555. The van der Waals surface area contributed by atoms with E-state index in [2.05, 4.69) is 41.3 Å². The third-order valence-corrected chi connectivity index (χ3v) is 5.98. The van der Waals surface area contributed by atoms with E-state index in [1.807, 2.05) is 29.7 Å². The van der Waals surface area contributed by atoms with Gasteiger partial charge < -0.3 is 9.26 Å². The van der Waals surface area contributed by atoms with Crippen molar-refractivity contribution in [2.24, 2.45) is 11.5 Å². The fourth-order valence-electron chi connectivity index (χ4n) is 4.14. The summed E-state index contributed by atoms with van der Waals surface area (Å²) in [6.07, 6.45) is 5.09. The minimum atomic E-state index is -0.0511. The Hall–Kier alpha value is -3.35. The molecule has 0 aliphatic carbocycles. The first-order valence-corrected chi connectivity index (χ1v) is 11.3. The zero-order valence-electron chi connectivity index (χ0n) is 18.9. The highest BCUT2D eigenvalue weighted by Gasteiger charge is 2.31. The molecule has 168 valence electrons. The normalized spacial score (nSPS) is 15.8. The lowest BCUT2D eigenvalue weighted by atomic mass is 10.1. The van der Waals surface area contributed by atoms with Crippen LogP contribution in [0.15, 0.2) is 47.0 Å². The summed E-state index contributed by atoms with van der Waals surface area (Å²) in [5.74, 6) is 2.30. The maximum Gasteiger partial charge on any atom is 0.341 e. The average Bonchev–Trinajstić information content (AvgIpc) is 3.45. The Labute approximate surface area is 189 Å². The molecule has 2 heterocycles. The van der Waals surface area contributed by atoms with Gasteiger partial charge >= 0.3 is 5.96 Å². The Morgan fingerprint density at radius 1 is 1.12 bits per heavy atom. The van der Waals surface area contributed by atoms with Crippen LogP contribution in [0.1, 0.15) is 54.3 Å². The topological polar surface area (TPSA) is 103 Å². The van der Waals surface area contributed by atoms with E-state index in [0.717, 1.165) is 55.5 Å². The van der Waals surface area contributed by atoms with Crippen molar-refractivity contribution in [1.29, 1.82) is 0 Å². The second kappa shape index (κ2) is 9.85. The molecule has 0 spiro atoms. The van der Waals surface area contributed by atoms with Gasteiger partial charge in [0.15, 0.2) is 6.04 Å². The van der Waals surface area contributed by atoms with Crippen LogP contribution in [0.4, 0.5) is 0 Å². The van der Waals surface area contributed by atoms with Crippen LogP contribution < -0.4 is 16.2 Å². The highest BCUT2D eigenvalue weighted by Crippen LogP contribution is 2.30. The Morgan fingerprint density at radius 3 is 2.69 bits per heavy atom. The van der Waals surface area contributed by atoms with Gasteiger partial charge in [-0.2, -0.15) is 4.98 Å². The number of hydrogen-bond donors (Lipinski definition) is 2. The zero-order valence-corrected chi connectivity index (χ0v) is 18.9. The molecule has 4 rings (SSSR count). The largest absolute Gasteiger partial charge is 0.493 e. The third-order valence-electron chi connectivity index (χ3n) is 5.98. The van der Waals surface area contributed by atoms with Gasteiger partial charge in [-0.15, -0.1) is 0 Å². The smallest absolute Gasteiger partial charge is 0.341 e. The van der Waals surface area contributed by atoms with Crippen LogP contribution in [0.3, 0.4) is 0 Å². The molecule has 1 aliphatic heterocycles. The highest BCUT2D eigenvalue weighted by molar-refractivity contribution is 5.70. The SMILES string of the molecule is Cc1ccc(CCCCOc2ccc(-c3noc([C@@H]4CCC[N+]4=C(N)N)n3)cc2C)cc1. The van der Waals surface area contributed by atoms with Gasteiger partial charge in [0.05, 0.1) is 13.2 Å². The van der Waals surface area contributed by atoms with Crippen molar-refractivity contribution in [3.63, 3.8) is 0 Å². The molecule has 3 aromatic rings. The van der Waals surface area contributed by atoms with Crippen molar-refractivity contribution in [1.82, 2.24) is 10.1 Å². The quantitative estimate of drug-likeness (QED) is 0.317. The summed E-state index contributed by atoms with van der Waals surface area (Å²) in [7, 11) is 0. The lowest BCUT2D eigenvalue weighted by Crippen LogP contribution is -2.35. The third kappa shape index (κ3) is 5.10. The van der Waals surface area contributed by atoms with E-state index in [9.17, 15) is 0 Å². The van der Waals surface area contributed by atoms with Gasteiger partial charge in [0.2, 0.25) is 5.82 Å². The minimum absolute atomic E-state index is 0.0511. The fourth-order valence-corrected chi connectivity index (χ4v) is 4.14. The number of ether oxygens (including phenoxy) is 1. The monoisotopic (exact) mass is 434 g/mol. The van der Waals surface area contributed by atoms with E-state index in [0.29, 0.717) is 24.3 Å². The maximum atomic E-state index is 6.01. The summed E-state index contributed by atoms with van der Waals surface area (Å²) in [4.78, 5) is 4.60. The molecular weight excluding hydrogens is 402 g/mol.